The van der Waals surface area contributed by atoms with Crippen molar-refractivity contribution in [3.63, 3.8) is 0 Å². The van der Waals surface area contributed by atoms with Gasteiger partial charge < -0.3 is 24.4 Å². The van der Waals surface area contributed by atoms with Crippen molar-refractivity contribution in [1.29, 1.82) is 0 Å². The lowest BCUT2D eigenvalue weighted by atomic mass is 10.00. The van der Waals surface area contributed by atoms with Crippen LogP contribution in [0.2, 0.25) is 0 Å². The number of likely N-dealkylation sites (N-methyl/N-ethyl adjacent to an activating group) is 1. The van der Waals surface area contributed by atoms with Crippen LogP contribution in [0.15, 0.2) is 12.3 Å². The van der Waals surface area contributed by atoms with E-state index in [9.17, 15) is 18.0 Å². The molecule has 0 saturated carbocycles. The first-order valence-electron chi connectivity index (χ1n) is 9.98. The lowest BCUT2D eigenvalue weighted by Crippen LogP contribution is -2.47. The Hall–Kier alpha value is -2.18. The lowest BCUT2D eigenvalue weighted by Gasteiger charge is -2.32. The maximum atomic E-state index is 12.6. The summed E-state index contributed by atoms with van der Waals surface area (Å²) in [6.45, 7) is 7.54. The van der Waals surface area contributed by atoms with Crippen LogP contribution in [0.25, 0.3) is 0 Å². The van der Waals surface area contributed by atoms with Crippen LogP contribution >= 0.6 is 0 Å². The van der Waals surface area contributed by atoms with E-state index in [1.807, 2.05) is 4.90 Å². The van der Waals surface area contributed by atoms with E-state index in [0.29, 0.717) is 38.0 Å². The van der Waals surface area contributed by atoms with Gasteiger partial charge in [0.2, 0.25) is 0 Å². The number of halogens is 3. The number of hydrogen-bond acceptors (Lipinski definition) is 6. The summed E-state index contributed by atoms with van der Waals surface area (Å²) in [4.78, 5) is 25.7. The number of carboxylic acids is 1. The molecule has 2 N–H and O–H groups in total. The third-order valence-electron chi connectivity index (χ3n) is 5.32. The highest BCUT2D eigenvalue weighted by Gasteiger charge is 2.44. The van der Waals surface area contributed by atoms with Crippen LogP contribution in [-0.4, -0.2) is 101 Å². The standard InChI is InChI=1S/C17H28N4O3.C2HF3O2/c1-13(2)20(3)10-14-4-6-17(24-14)11-21(8-9-23-12-17)16(22)15-5-7-18-19-15;3-2(4,5)1(6)7/h5,7,13-14H,4,6,8-12H2,1-3H3,(H,18,19);(H,6,7). The second-order valence-electron chi connectivity index (χ2n) is 8.05. The number of ether oxygens (including phenoxy) is 2. The molecule has 2 unspecified atom stereocenters. The molecular formula is C19H29F3N4O5. The number of aromatic amines is 1. The minimum absolute atomic E-state index is 0.0382. The van der Waals surface area contributed by atoms with Crippen molar-refractivity contribution >= 4 is 11.9 Å². The molecule has 2 aliphatic rings. The highest BCUT2D eigenvalue weighted by atomic mass is 19.4. The molecule has 0 bridgehead atoms. The summed E-state index contributed by atoms with van der Waals surface area (Å²) in [7, 11) is 2.12. The Balaban J connectivity index is 0.000000423. The Kier molecular flexibility index (Phi) is 8.43. The van der Waals surface area contributed by atoms with Gasteiger partial charge in [-0.1, -0.05) is 0 Å². The van der Waals surface area contributed by atoms with Crippen LogP contribution in [-0.2, 0) is 14.3 Å². The van der Waals surface area contributed by atoms with E-state index in [0.717, 1.165) is 19.4 Å². The van der Waals surface area contributed by atoms with E-state index in [-0.39, 0.29) is 17.6 Å². The van der Waals surface area contributed by atoms with Gasteiger partial charge in [0, 0.05) is 25.3 Å². The number of rotatable bonds is 4. The van der Waals surface area contributed by atoms with Gasteiger partial charge in [0.05, 0.1) is 25.9 Å². The van der Waals surface area contributed by atoms with Gasteiger partial charge in [0.1, 0.15) is 11.3 Å². The second kappa shape index (κ2) is 10.4. The Bertz CT molecular complexity index is 729. The van der Waals surface area contributed by atoms with E-state index in [1.54, 1.807) is 12.3 Å². The van der Waals surface area contributed by atoms with Crippen molar-refractivity contribution in [1.82, 2.24) is 20.0 Å². The topological polar surface area (TPSA) is 108 Å². The maximum absolute atomic E-state index is 12.6. The zero-order valence-corrected chi connectivity index (χ0v) is 17.8. The van der Waals surface area contributed by atoms with Crippen LogP contribution < -0.4 is 0 Å². The Morgan fingerprint density at radius 3 is 2.68 bits per heavy atom. The van der Waals surface area contributed by atoms with Crippen LogP contribution in [0.5, 0.6) is 0 Å². The molecule has 1 aromatic heterocycles. The highest BCUT2D eigenvalue weighted by Crippen LogP contribution is 2.33. The average molecular weight is 450 g/mol. The minimum atomic E-state index is -5.08. The minimum Gasteiger partial charge on any atom is -0.475 e. The molecule has 3 rings (SSSR count). The van der Waals surface area contributed by atoms with Gasteiger partial charge in [0.15, 0.2) is 0 Å². The number of aliphatic carboxylic acids is 1. The summed E-state index contributed by atoms with van der Waals surface area (Å²) in [5, 5.41) is 13.7. The SMILES string of the molecule is CC(C)N(C)CC1CCC2(COCCN(C(=O)c3ccn[nH]3)C2)O1.O=C(O)C(F)(F)F. The zero-order chi connectivity index (χ0) is 23.2. The van der Waals surface area contributed by atoms with Gasteiger partial charge in [-0.3, -0.25) is 9.89 Å². The number of alkyl halides is 3. The first-order valence-corrected chi connectivity index (χ1v) is 9.98. The van der Waals surface area contributed by atoms with E-state index in [1.165, 1.54) is 0 Å². The smallest absolute Gasteiger partial charge is 0.475 e. The fourth-order valence-corrected chi connectivity index (χ4v) is 3.40. The zero-order valence-electron chi connectivity index (χ0n) is 17.8. The molecule has 2 saturated heterocycles. The van der Waals surface area contributed by atoms with E-state index < -0.39 is 12.1 Å². The van der Waals surface area contributed by atoms with Crippen molar-refractivity contribution in [2.24, 2.45) is 0 Å². The predicted octanol–water partition coefficient (Wildman–Crippen LogP) is 1.77. The summed E-state index contributed by atoms with van der Waals surface area (Å²) >= 11 is 0. The third kappa shape index (κ3) is 7.18. The van der Waals surface area contributed by atoms with E-state index in [4.69, 9.17) is 19.4 Å². The molecule has 31 heavy (non-hydrogen) atoms. The molecule has 1 amide bonds. The number of hydrogen-bond donors (Lipinski definition) is 2. The summed E-state index contributed by atoms with van der Waals surface area (Å²) in [6, 6.07) is 2.20. The largest absolute Gasteiger partial charge is 0.490 e. The molecule has 9 nitrogen and oxygen atoms in total. The van der Waals surface area contributed by atoms with E-state index >= 15 is 0 Å². The Labute approximate surface area is 178 Å². The van der Waals surface area contributed by atoms with Crippen molar-refractivity contribution in [2.75, 3.05) is 39.9 Å². The summed E-state index contributed by atoms with van der Waals surface area (Å²) < 4.78 is 43.9. The predicted molar refractivity (Wildman–Crippen MR) is 104 cm³/mol. The molecule has 2 atom stereocenters. The molecule has 176 valence electrons. The fraction of sp³-hybridized carbons (Fsp3) is 0.737. The number of nitrogens with zero attached hydrogens (tertiary/aromatic N) is 3. The van der Waals surface area contributed by atoms with Gasteiger partial charge in [-0.25, -0.2) is 4.79 Å². The third-order valence-corrected chi connectivity index (χ3v) is 5.32. The van der Waals surface area contributed by atoms with Crippen LogP contribution in [0.4, 0.5) is 13.2 Å². The van der Waals surface area contributed by atoms with Crippen LogP contribution in [0.1, 0.15) is 37.2 Å². The summed E-state index contributed by atoms with van der Waals surface area (Å²) in [5.41, 5.74) is 0.135. The molecular weight excluding hydrogens is 421 g/mol. The highest BCUT2D eigenvalue weighted by molar-refractivity contribution is 5.92. The number of aromatic nitrogens is 2. The number of H-pyrrole nitrogens is 1. The van der Waals surface area contributed by atoms with Crippen molar-refractivity contribution in [2.45, 2.75) is 50.6 Å². The number of amides is 1. The molecule has 3 heterocycles. The summed E-state index contributed by atoms with van der Waals surface area (Å²) in [5.74, 6) is -2.80. The summed E-state index contributed by atoms with van der Waals surface area (Å²) in [6.07, 6.45) is -1.35. The van der Waals surface area contributed by atoms with Crippen LogP contribution in [0, 0.1) is 0 Å². The Morgan fingerprint density at radius 1 is 1.45 bits per heavy atom. The van der Waals surface area contributed by atoms with E-state index in [2.05, 4.69) is 36.0 Å². The first-order chi connectivity index (χ1) is 14.4. The number of carbonyl (C=O) groups is 2. The van der Waals surface area contributed by atoms with Crippen LogP contribution in [0.3, 0.4) is 0 Å². The first kappa shape index (κ1) is 25.1. The molecule has 0 radical (unpaired) electrons. The molecule has 0 aliphatic carbocycles. The quantitative estimate of drug-likeness (QED) is 0.720. The number of nitrogens with one attached hydrogen (secondary N) is 1. The second-order valence-corrected chi connectivity index (χ2v) is 8.05. The fourth-order valence-electron chi connectivity index (χ4n) is 3.40. The lowest BCUT2D eigenvalue weighted by molar-refractivity contribution is -0.192. The van der Waals surface area contributed by atoms with Crippen molar-refractivity contribution in [3.8, 4) is 0 Å². The normalized spacial score (nSPS) is 24.3. The van der Waals surface area contributed by atoms with Gasteiger partial charge in [-0.05, 0) is 39.8 Å². The van der Waals surface area contributed by atoms with Gasteiger partial charge in [-0.15, -0.1) is 0 Å². The van der Waals surface area contributed by atoms with Gasteiger partial charge in [-0.2, -0.15) is 18.3 Å². The molecule has 1 aromatic rings. The Morgan fingerprint density at radius 2 is 2.13 bits per heavy atom. The van der Waals surface area contributed by atoms with Gasteiger partial charge >= 0.3 is 12.1 Å². The van der Waals surface area contributed by atoms with Gasteiger partial charge in [0.25, 0.3) is 5.91 Å². The molecule has 2 aliphatic heterocycles. The maximum Gasteiger partial charge on any atom is 0.490 e. The molecule has 2 fully saturated rings. The molecule has 0 aromatic carbocycles. The monoisotopic (exact) mass is 450 g/mol. The molecule has 12 heteroatoms. The van der Waals surface area contributed by atoms with Crippen molar-refractivity contribution in [3.05, 3.63) is 18.0 Å². The van der Waals surface area contributed by atoms with Crippen molar-refractivity contribution < 1.29 is 37.3 Å². The number of carboxylic acid groups (broad SMARTS) is 1. The molecule has 1 spiro atoms. The number of carbonyl (C=O) groups excluding carboxylic acids is 1. The average Bonchev–Trinajstić information content (AvgIpc) is 3.29.